The first-order valence-electron chi connectivity index (χ1n) is 18.3. The Hall–Kier alpha value is -5.17. The normalized spacial score (nSPS) is 12.1. The zero-order valence-corrected chi connectivity index (χ0v) is 34.1. The van der Waals surface area contributed by atoms with Crippen molar-refractivity contribution in [1.29, 1.82) is 0 Å². The second kappa shape index (κ2) is 13.8. The van der Waals surface area contributed by atoms with E-state index in [0.29, 0.717) is 0 Å². The van der Waals surface area contributed by atoms with Gasteiger partial charge in [-0.2, -0.15) is 0 Å². The topological polar surface area (TPSA) is 17.3 Å². The molecule has 0 saturated heterocycles. The van der Waals surface area contributed by atoms with E-state index in [9.17, 15) is 0 Å². The summed E-state index contributed by atoms with van der Waals surface area (Å²) in [6.07, 6.45) is 0. The molecule has 2 nitrogen and oxygen atoms in total. The van der Waals surface area contributed by atoms with Crippen molar-refractivity contribution in [2.75, 3.05) is 0 Å². The fraction of sp³-hybridized carbons (Fsp3) is 0. The molecule has 0 aliphatic rings. The molecule has 55 heavy (non-hydrogen) atoms. The van der Waals surface area contributed by atoms with Gasteiger partial charge in [0.1, 0.15) is 0 Å². The van der Waals surface area contributed by atoms with Gasteiger partial charge in [-0.1, -0.05) is 84.6 Å². The van der Waals surface area contributed by atoms with E-state index in [1.165, 1.54) is 42.9 Å². The van der Waals surface area contributed by atoms with E-state index < -0.39 is 11.5 Å². The van der Waals surface area contributed by atoms with Crippen molar-refractivity contribution >= 4 is 109 Å². The fourth-order valence-electron chi connectivity index (χ4n) is 8.03. The van der Waals surface area contributed by atoms with E-state index in [4.69, 9.17) is 16.8 Å². The molecular weight excluding hydrogens is 790 g/mol. The average molecular weight is 824 g/mol. The maximum atomic E-state index is 6.80. The number of fused-ring (bicyclic) bond motifs is 8. The molecule has 0 aliphatic carbocycles. The van der Waals surface area contributed by atoms with Crippen LogP contribution >= 0.6 is 11.5 Å². The van der Waals surface area contributed by atoms with Gasteiger partial charge in [0, 0.05) is 6.04 Å². The molecule has 0 bridgehead atoms. The molecule has 0 unspecified atom stereocenters. The summed E-state index contributed by atoms with van der Waals surface area (Å²) in [5.74, 6) is 0. The molecule has 8 aromatic carbocycles. The third-order valence-electron chi connectivity index (χ3n) is 10.7. The molecule has 10 aromatic rings. The summed E-state index contributed by atoms with van der Waals surface area (Å²) in [6, 6.07) is 72.1. The summed E-state index contributed by atoms with van der Waals surface area (Å²) in [7, 11) is 0. The van der Waals surface area contributed by atoms with Crippen molar-refractivity contribution in [3.05, 3.63) is 206 Å². The van der Waals surface area contributed by atoms with E-state index in [1.54, 1.807) is 0 Å². The Labute approximate surface area is 333 Å². The monoisotopic (exact) mass is 824 g/mol. The number of benzene rings is 8. The number of hydrogen-bond acceptors (Lipinski definition) is 2. The van der Waals surface area contributed by atoms with Crippen LogP contribution in [0, 0.1) is 0 Å². The van der Waals surface area contributed by atoms with Gasteiger partial charge in [0.05, 0.1) is 0 Å². The van der Waals surface area contributed by atoms with E-state index in [1.807, 2.05) is 0 Å². The number of hydrogen-bond donors (Lipinski definition) is 0. The third kappa shape index (κ3) is 5.64. The first-order chi connectivity index (χ1) is 27.0. The van der Waals surface area contributed by atoms with Crippen LogP contribution in [-0.4, -0.2) is 24.5 Å². The quantitative estimate of drug-likeness (QED) is 0.0906. The number of nitrogens with zero attached hydrogens (tertiary/aromatic N) is 2. The van der Waals surface area contributed by atoms with Crippen molar-refractivity contribution in [2.24, 2.45) is 0 Å². The van der Waals surface area contributed by atoms with Crippen molar-refractivity contribution < 1.29 is 0 Å². The molecule has 2 aromatic heterocycles. The third-order valence-corrected chi connectivity index (χ3v) is 22.8. The minimum atomic E-state index is -2.37. The van der Waals surface area contributed by atoms with Crippen LogP contribution in [0.15, 0.2) is 206 Å². The molecule has 0 N–H and O–H groups in total. The molecule has 6 heteroatoms. The van der Waals surface area contributed by atoms with Crippen molar-refractivity contribution in [1.82, 2.24) is 9.38 Å². The number of pyridine rings is 1. The number of rotatable bonds is 7. The van der Waals surface area contributed by atoms with Gasteiger partial charge in [0.15, 0.2) is 0 Å². The fourth-order valence-corrected chi connectivity index (χ4v) is 16.7. The van der Waals surface area contributed by atoms with Crippen LogP contribution in [0.25, 0.3) is 49.5 Å². The predicted molar refractivity (Wildman–Crippen MR) is 244 cm³/mol. The van der Waals surface area contributed by atoms with Crippen LogP contribution in [0.1, 0.15) is 0 Å². The van der Waals surface area contributed by atoms with Gasteiger partial charge in [-0.3, -0.25) is 0 Å². The molecule has 0 atom stereocenters. The summed E-state index contributed by atoms with van der Waals surface area (Å²) in [6.45, 7) is 0. The van der Waals surface area contributed by atoms with Gasteiger partial charge in [0.25, 0.3) is 0 Å². The molecule has 10 rings (SSSR count). The van der Waals surface area contributed by atoms with Crippen LogP contribution in [0.3, 0.4) is 0 Å². The minimum absolute atomic E-state index is 0.956. The zero-order chi connectivity index (χ0) is 37.0. The van der Waals surface area contributed by atoms with Crippen LogP contribution in [0.2, 0.25) is 0 Å². The molecule has 0 amide bonds. The van der Waals surface area contributed by atoms with Crippen molar-refractivity contribution in [2.45, 2.75) is 0 Å². The van der Waals surface area contributed by atoms with Crippen LogP contribution < -0.4 is 31.8 Å². The van der Waals surface area contributed by atoms with Crippen molar-refractivity contribution in [3.63, 3.8) is 0 Å². The summed E-state index contributed by atoms with van der Waals surface area (Å²) >= 11 is 10.5. The van der Waals surface area contributed by atoms with E-state index in [-0.39, 0.29) is 0 Å². The Bertz CT molecular complexity index is 3040. The van der Waals surface area contributed by atoms with Crippen LogP contribution in [0.4, 0.5) is 0 Å². The molecule has 2 heterocycles. The Balaban J connectivity index is 1.18. The van der Waals surface area contributed by atoms with Gasteiger partial charge < -0.3 is 0 Å². The van der Waals surface area contributed by atoms with E-state index in [0.717, 1.165) is 38.5 Å². The summed E-state index contributed by atoms with van der Waals surface area (Å²) in [5, 5.41) is 11.0. The molecule has 0 saturated carbocycles. The standard InChI is InChI=1S/C49H34N2P2SSe/c54-52(37-15-5-1-6-16-37,38-17-7-2-8-18-38)42-30-32-46-48(34-42)51-47-33-36(27-31-44(47)43-23-13-14-24-45(43)49(51)50-46)35-25-28-41(29-26-35)53(55,39-19-9-3-10-20-39)40-21-11-4-12-22-40/h1-34H. The summed E-state index contributed by atoms with van der Waals surface area (Å²) < 4.78 is 2.37. The Morgan fingerprint density at radius 3 is 1.45 bits per heavy atom. The Morgan fingerprint density at radius 2 is 0.873 bits per heavy atom. The molecule has 0 spiro atoms. The van der Waals surface area contributed by atoms with Crippen LogP contribution in [-0.2, 0) is 11.8 Å². The second-order valence-corrected chi connectivity index (χ2v) is 24.5. The molecule has 0 aliphatic heterocycles. The first kappa shape index (κ1) is 34.3. The Kier molecular flexibility index (Phi) is 8.64. The second-order valence-electron chi connectivity index (χ2n) is 13.8. The molecular formula is C49H34N2P2SSe. The van der Waals surface area contributed by atoms with E-state index >= 15 is 0 Å². The Morgan fingerprint density at radius 1 is 0.400 bits per heavy atom. The van der Waals surface area contributed by atoms with Gasteiger partial charge in [-0.25, -0.2) is 0 Å². The van der Waals surface area contributed by atoms with E-state index in [2.05, 4.69) is 226 Å². The van der Waals surface area contributed by atoms with Crippen molar-refractivity contribution in [3.8, 4) is 11.1 Å². The van der Waals surface area contributed by atoms with Gasteiger partial charge in [0.2, 0.25) is 0 Å². The van der Waals surface area contributed by atoms with Gasteiger partial charge in [-0.05, 0) is 10.6 Å². The average Bonchev–Trinajstić information content (AvgIpc) is 3.67. The maximum absolute atomic E-state index is 6.80. The van der Waals surface area contributed by atoms with Crippen LogP contribution in [0.5, 0.6) is 0 Å². The van der Waals surface area contributed by atoms with Gasteiger partial charge >= 0.3 is 234 Å². The summed E-state index contributed by atoms with van der Waals surface area (Å²) in [4.78, 5) is 5.30. The first-order valence-corrected chi connectivity index (χ1v) is 25.1. The zero-order valence-electron chi connectivity index (χ0n) is 29.7. The molecule has 0 radical (unpaired) electrons. The number of imidazole rings is 1. The molecule has 0 fully saturated rings. The predicted octanol–water partition coefficient (Wildman–Crippen LogP) is 9.59. The molecule has 262 valence electrons. The van der Waals surface area contributed by atoms with Gasteiger partial charge in [-0.15, -0.1) is 0 Å². The summed E-state index contributed by atoms with van der Waals surface area (Å²) in [5.41, 5.74) is 4.48. The SMILES string of the molecule is S=P(c1ccccc1)(c1ccccc1)c1ccc2nc3c4ccccc4c4ccc(-c5ccc(P(=[Se])(c6ccccc6)c6ccccc6)cc5)cc4n3c2c1. The number of aromatic nitrogens is 2.